The molecule has 0 saturated heterocycles. The van der Waals surface area contributed by atoms with Crippen LogP contribution < -0.4 is 5.19 Å². The van der Waals surface area contributed by atoms with Crippen LogP contribution in [0, 0.1) is 6.07 Å². The van der Waals surface area contributed by atoms with Crippen molar-refractivity contribution in [1.82, 2.24) is 23.7 Å². The number of phenols is 1. The molecule has 0 aliphatic heterocycles. The number of hydrogen-bond donors (Lipinski definition) is 1. The molecule has 0 radical (unpaired) electrons. The van der Waals surface area contributed by atoms with Gasteiger partial charge in [-0.3, -0.25) is 9.55 Å². The Labute approximate surface area is 503 Å². The molecule has 0 atom stereocenters. The first-order valence-electron chi connectivity index (χ1n) is 28.8. The maximum Gasteiger partial charge on any atom is 0.148 e. The van der Waals surface area contributed by atoms with E-state index in [2.05, 4.69) is 302 Å². The first-order valence-corrected chi connectivity index (χ1v) is 32.3. The first-order chi connectivity index (χ1) is 39.1. The van der Waals surface area contributed by atoms with Crippen LogP contribution in [-0.2, 0) is 37.3 Å². The fourth-order valence-electron chi connectivity index (χ4n) is 12.2. The van der Waals surface area contributed by atoms with Gasteiger partial charge in [0.05, 0.1) is 52.4 Å². The van der Waals surface area contributed by atoms with Crippen molar-refractivity contribution in [3.63, 3.8) is 0 Å². The summed E-state index contributed by atoms with van der Waals surface area (Å²) in [7, 11) is -1.76. The monoisotopic (exact) mass is 1280 g/mol. The number of pyridine rings is 1. The van der Waals surface area contributed by atoms with Gasteiger partial charge in [-0.1, -0.05) is 220 Å². The predicted molar refractivity (Wildman–Crippen MR) is 349 cm³/mol. The minimum absolute atomic E-state index is 0. The van der Waals surface area contributed by atoms with Gasteiger partial charge in [0.25, 0.3) is 0 Å². The summed E-state index contributed by atoms with van der Waals surface area (Å²) >= 11 is 0. The van der Waals surface area contributed by atoms with Crippen molar-refractivity contribution in [3.05, 3.63) is 223 Å². The second-order valence-corrected chi connectivity index (χ2v) is 31.5. The molecule has 9 aromatic carbocycles. The fraction of sp³-hybridized carbons (Fsp3) is 0.200. The molecule has 0 unspecified atom stereocenters. The summed E-state index contributed by atoms with van der Waals surface area (Å²) in [5, 5.41) is 18.8. The number of nitrogens with zero attached hydrogens (tertiary/aromatic N) is 5. The number of rotatable bonds is 8. The van der Waals surface area contributed by atoms with Crippen molar-refractivity contribution in [2.24, 2.45) is 0 Å². The standard InChI is InChI=1S/C75H70N5OSi.Pt/c1-73(2,3)50-40-48(39-49(41-50)62-45-67-60(46-76-62)56-36-38-65-68(70(56)79(67)53-29-20-15-21-30-53)57-31-22-23-33-63(57)78(65)52-27-18-14-19-28-52)55-32-24-34-66-69(55)77-72(59-42-51(74(4,5)6)43-61(71(59)81)75(7,8)9)80(66)64-37-35-54(82(10,11)12)44-58(64)47-25-16-13-17-26-47;/h13-38,40-46,81H,1-12H3;/q-1;. The Hall–Kier alpha value is -8.09. The summed E-state index contributed by atoms with van der Waals surface area (Å²) in [6, 6.07) is 74.2. The minimum atomic E-state index is -1.76. The van der Waals surface area contributed by atoms with Crippen LogP contribution in [0.5, 0.6) is 5.75 Å². The number of phenolic OH excluding ortho intramolecular Hbond substituents is 1. The van der Waals surface area contributed by atoms with Gasteiger partial charge in [-0.05, 0) is 88.0 Å². The molecule has 416 valence electrons. The van der Waals surface area contributed by atoms with E-state index < -0.39 is 8.07 Å². The number of aromatic hydroxyl groups is 1. The largest absolute Gasteiger partial charge is 0.507 e. The SMILES string of the molecule is CC(C)(C)c1cc(-c2cc3c(cn2)c2ccc4c(c5ccccc5n4-c4ccccc4)c2n3-c2ccccc2)[c-]c(-c2cccc3c2nc(-c2cc(C(C)(C)C)cc(C(C)(C)C)c2O)n3-c2ccc([Si](C)(C)C)cc2-c2ccccc2)c1.[Pt]. The van der Waals surface area contributed by atoms with Crippen LogP contribution in [0.2, 0.25) is 19.6 Å². The van der Waals surface area contributed by atoms with Crippen LogP contribution in [0.25, 0.3) is 117 Å². The Bertz CT molecular complexity index is 4660. The van der Waals surface area contributed by atoms with Gasteiger partial charge in [0.15, 0.2) is 0 Å². The number of aromatic nitrogens is 5. The van der Waals surface area contributed by atoms with Crippen LogP contribution in [0.3, 0.4) is 0 Å². The third-order valence-corrected chi connectivity index (χ3v) is 18.7. The fourth-order valence-corrected chi connectivity index (χ4v) is 13.3. The molecule has 13 rings (SSSR count). The Balaban J connectivity index is 0.00000680. The van der Waals surface area contributed by atoms with Gasteiger partial charge < -0.3 is 14.2 Å². The second kappa shape index (κ2) is 20.4. The van der Waals surface area contributed by atoms with Gasteiger partial charge >= 0.3 is 0 Å². The molecule has 83 heavy (non-hydrogen) atoms. The Morgan fingerprint density at radius 1 is 0.470 bits per heavy atom. The number of fused-ring (bicyclic) bond motifs is 8. The zero-order valence-electron chi connectivity index (χ0n) is 49.6. The van der Waals surface area contributed by atoms with E-state index in [-0.39, 0.29) is 43.1 Å². The van der Waals surface area contributed by atoms with Crippen molar-refractivity contribution < 1.29 is 26.2 Å². The Morgan fingerprint density at radius 3 is 1.75 bits per heavy atom. The van der Waals surface area contributed by atoms with Crippen LogP contribution in [0.1, 0.15) is 79.0 Å². The number of benzene rings is 9. The van der Waals surface area contributed by atoms with E-state index in [1.165, 1.54) is 16.0 Å². The third kappa shape index (κ3) is 9.56. The van der Waals surface area contributed by atoms with E-state index in [9.17, 15) is 5.11 Å². The maximum absolute atomic E-state index is 12.8. The molecular formula is C75H70N5OPtSi-. The summed E-state index contributed by atoms with van der Waals surface area (Å²) < 4.78 is 7.14. The first kappa shape index (κ1) is 55.4. The van der Waals surface area contributed by atoms with Crippen molar-refractivity contribution in [3.8, 4) is 67.7 Å². The molecule has 4 aromatic heterocycles. The minimum Gasteiger partial charge on any atom is -0.507 e. The molecule has 0 aliphatic rings. The second-order valence-electron chi connectivity index (χ2n) is 26.5. The van der Waals surface area contributed by atoms with Crippen LogP contribution in [-0.4, -0.2) is 36.8 Å². The summed E-state index contributed by atoms with van der Waals surface area (Å²) in [4.78, 5) is 11.2. The van der Waals surface area contributed by atoms with Crippen molar-refractivity contribution in [2.75, 3.05) is 0 Å². The van der Waals surface area contributed by atoms with Crippen LogP contribution in [0.4, 0.5) is 0 Å². The summed E-state index contributed by atoms with van der Waals surface area (Å²) in [6.45, 7) is 27.3. The topological polar surface area (TPSA) is 60.8 Å². The quantitative estimate of drug-likeness (QED) is 0.122. The van der Waals surface area contributed by atoms with E-state index in [4.69, 9.17) is 9.97 Å². The summed E-state index contributed by atoms with van der Waals surface area (Å²) in [6.07, 6.45) is 2.07. The molecule has 8 heteroatoms. The number of hydrogen-bond acceptors (Lipinski definition) is 3. The smallest absolute Gasteiger partial charge is 0.148 e. The van der Waals surface area contributed by atoms with Gasteiger partial charge in [-0.25, -0.2) is 4.98 Å². The molecule has 0 aliphatic carbocycles. The molecule has 6 nitrogen and oxygen atoms in total. The summed E-state index contributed by atoms with van der Waals surface area (Å²) in [5.74, 6) is 0.933. The van der Waals surface area contributed by atoms with E-state index in [1.807, 2.05) is 0 Å². The number of imidazole rings is 1. The van der Waals surface area contributed by atoms with Crippen molar-refractivity contribution in [2.45, 2.75) is 98.2 Å². The molecular weight excluding hydrogens is 1210 g/mol. The summed E-state index contributed by atoms with van der Waals surface area (Å²) in [5.41, 5.74) is 18.4. The van der Waals surface area contributed by atoms with Crippen LogP contribution >= 0.6 is 0 Å². The molecule has 13 aromatic rings. The van der Waals surface area contributed by atoms with Crippen molar-refractivity contribution in [1.29, 1.82) is 0 Å². The van der Waals surface area contributed by atoms with Crippen LogP contribution in [0.15, 0.2) is 200 Å². The molecule has 0 spiro atoms. The van der Waals surface area contributed by atoms with E-state index in [0.29, 0.717) is 11.4 Å². The van der Waals surface area contributed by atoms with Crippen molar-refractivity contribution >= 4 is 67.9 Å². The maximum atomic E-state index is 12.8. The Morgan fingerprint density at radius 2 is 1.08 bits per heavy atom. The van der Waals surface area contributed by atoms with E-state index in [0.717, 1.165) is 111 Å². The zero-order chi connectivity index (χ0) is 57.2. The van der Waals surface area contributed by atoms with Gasteiger partial charge in [0.2, 0.25) is 0 Å². The normalized spacial score (nSPS) is 12.5. The molecule has 1 N–H and O–H groups in total. The van der Waals surface area contributed by atoms with E-state index >= 15 is 0 Å². The average molecular weight is 1280 g/mol. The van der Waals surface area contributed by atoms with Gasteiger partial charge in [-0.15, -0.1) is 29.3 Å². The molecule has 0 saturated carbocycles. The predicted octanol–water partition coefficient (Wildman–Crippen LogP) is 19.2. The van der Waals surface area contributed by atoms with Gasteiger partial charge in [0.1, 0.15) is 11.6 Å². The number of para-hydroxylation sites is 4. The molecule has 0 amide bonds. The van der Waals surface area contributed by atoms with E-state index in [1.54, 1.807) is 0 Å². The molecule has 0 fully saturated rings. The van der Waals surface area contributed by atoms with Gasteiger partial charge in [-0.2, -0.15) is 0 Å². The zero-order valence-corrected chi connectivity index (χ0v) is 52.8. The average Bonchev–Trinajstić information content (AvgIpc) is 1.66. The van der Waals surface area contributed by atoms with Gasteiger partial charge in [0, 0.05) is 77.0 Å². The molecule has 0 bridgehead atoms. The molecule has 4 heterocycles. The third-order valence-electron chi connectivity index (χ3n) is 16.7. The Kier molecular flexibility index (Phi) is 13.6.